The highest BCUT2D eigenvalue weighted by molar-refractivity contribution is 5.92. The molecular formula is C12H11N3O3. The summed E-state index contributed by atoms with van der Waals surface area (Å²) < 4.78 is 10.3. The number of rotatable bonds is 2. The molecule has 2 aromatic heterocycles. The minimum Gasteiger partial charge on any atom is -0.491 e. The van der Waals surface area contributed by atoms with Crippen LogP contribution >= 0.6 is 0 Å². The van der Waals surface area contributed by atoms with Gasteiger partial charge in [0.15, 0.2) is 12.1 Å². The molecule has 0 aromatic carbocycles. The Balaban J connectivity index is 1.80. The van der Waals surface area contributed by atoms with E-state index in [0.717, 1.165) is 5.69 Å². The molecule has 18 heavy (non-hydrogen) atoms. The number of carbonyl (C=O) groups is 1. The highest BCUT2D eigenvalue weighted by Crippen LogP contribution is 2.29. The summed E-state index contributed by atoms with van der Waals surface area (Å²) in [6.45, 7) is 0.558. The smallest absolute Gasteiger partial charge is 0.273 e. The zero-order valence-corrected chi connectivity index (χ0v) is 9.50. The summed E-state index contributed by atoms with van der Waals surface area (Å²) in [5.74, 6) is 0.446. The first-order chi connectivity index (χ1) is 8.84. The fraction of sp³-hybridized carbons (Fsp3) is 0.250. The third-order valence-electron chi connectivity index (χ3n) is 2.76. The van der Waals surface area contributed by atoms with E-state index >= 15 is 0 Å². The van der Waals surface area contributed by atoms with Crippen LogP contribution in [0.25, 0.3) is 0 Å². The summed E-state index contributed by atoms with van der Waals surface area (Å²) in [5.41, 5.74) is 1.01. The van der Waals surface area contributed by atoms with Gasteiger partial charge in [0.1, 0.15) is 17.7 Å². The number of amides is 1. The van der Waals surface area contributed by atoms with Gasteiger partial charge in [-0.05, 0) is 12.1 Å². The molecule has 1 unspecified atom stereocenters. The van der Waals surface area contributed by atoms with Crippen molar-refractivity contribution in [2.45, 2.75) is 12.5 Å². The molecule has 2 aromatic rings. The van der Waals surface area contributed by atoms with Gasteiger partial charge in [0.25, 0.3) is 5.91 Å². The number of nitrogens with zero attached hydrogens (tertiary/aromatic N) is 2. The molecule has 0 saturated carbocycles. The normalized spacial score (nSPS) is 17.7. The van der Waals surface area contributed by atoms with Crippen LogP contribution in [-0.2, 0) is 0 Å². The van der Waals surface area contributed by atoms with Gasteiger partial charge in [-0.15, -0.1) is 0 Å². The lowest BCUT2D eigenvalue weighted by molar-refractivity contribution is 0.0918. The van der Waals surface area contributed by atoms with E-state index in [1.165, 1.54) is 12.7 Å². The van der Waals surface area contributed by atoms with Crippen molar-refractivity contribution >= 4 is 5.91 Å². The average molecular weight is 245 g/mol. The summed E-state index contributed by atoms with van der Waals surface area (Å²) in [6, 6.07) is 3.50. The number of pyridine rings is 1. The Hall–Kier alpha value is -2.37. The van der Waals surface area contributed by atoms with Crippen LogP contribution in [0.4, 0.5) is 0 Å². The molecule has 0 saturated heterocycles. The van der Waals surface area contributed by atoms with Gasteiger partial charge in [0.2, 0.25) is 0 Å². The van der Waals surface area contributed by atoms with Crippen molar-refractivity contribution in [1.82, 2.24) is 15.3 Å². The quantitative estimate of drug-likeness (QED) is 0.863. The molecule has 6 nitrogen and oxygen atoms in total. The number of carbonyl (C=O) groups excluding carboxylic acids is 1. The highest BCUT2D eigenvalue weighted by atomic mass is 16.5. The maximum Gasteiger partial charge on any atom is 0.273 e. The molecule has 1 amide bonds. The Morgan fingerprint density at radius 2 is 2.39 bits per heavy atom. The van der Waals surface area contributed by atoms with Crippen LogP contribution in [0.2, 0.25) is 0 Å². The van der Waals surface area contributed by atoms with E-state index in [0.29, 0.717) is 18.8 Å². The molecule has 1 aliphatic heterocycles. The van der Waals surface area contributed by atoms with Crippen molar-refractivity contribution in [3.05, 3.63) is 42.4 Å². The predicted octanol–water partition coefficient (Wildman–Crippen LogP) is 1.32. The Bertz CT molecular complexity index is 553. The Morgan fingerprint density at radius 3 is 3.22 bits per heavy atom. The van der Waals surface area contributed by atoms with Gasteiger partial charge < -0.3 is 14.5 Å². The van der Waals surface area contributed by atoms with Crippen molar-refractivity contribution in [3.63, 3.8) is 0 Å². The van der Waals surface area contributed by atoms with Crippen molar-refractivity contribution in [2.24, 2.45) is 0 Å². The van der Waals surface area contributed by atoms with Crippen molar-refractivity contribution in [2.75, 3.05) is 6.61 Å². The maximum atomic E-state index is 11.9. The van der Waals surface area contributed by atoms with Crippen LogP contribution in [0.15, 0.2) is 35.4 Å². The first-order valence-corrected chi connectivity index (χ1v) is 5.61. The Morgan fingerprint density at radius 1 is 1.44 bits per heavy atom. The van der Waals surface area contributed by atoms with E-state index < -0.39 is 0 Å². The molecule has 1 N–H and O–H groups in total. The lowest BCUT2D eigenvalue weighted by Gasteiger charge is -2.25. The third kappa shape index (κ3) is 1.92. The summed E-state index contributed by atoms with van der Waals surface area (Å²) in [7, 11) is 0. The van der Waals surface area contributed by atoms with Gasteiger partial charge >= 0.3 is 0 Å². The fourth-order valence-electron chi connectivity index (χ4n) is 1.91. The van der Waals surface area contributed by atoms with E-state index in [4.69, 9.17) is 9.15 Å². The number of nitrogens with one attached hydrogen (secondary N) is 1. The van der Waals surface area contributed by atoms with Crippen molar-refractivity contribution < 1.29 is 13.9 Å². The lowest BCUT2D eigenvalue weighted by Crippen LogP contribution is -2.32. The molecule has 0 bridgehead atoms. The van der Waals surface area contributed by atoms with E-state index in [-0.39, 0.29) is 17.6 Å². The zero-order chi connectivity index (χ0) is 12.4. The number of ether oxygens (including phenoxy) is 1. The minimum atomic E-state index is -0.271. The number of oxazole rings is 1. The van der Waals surface area contributed by atoms with Crippen LogP contribution in [0.1, 0.15) is 28.6 Å². The van der Waals surface area contributed by atoms with E-state index in [1.54, 1.807) is 12.3 Å². The SMILES string of the molecule is O=C(NC1CCOc2cccnc21)c1cocn1. The zero-order valence-electron chi connectivity index (χ0n) is 9.50. The van der Waals surface area contributed by atoms with Crippen molar-refractivity contribution in [3.8, 4) is 5.75 Å². The fourth-order valence-corrected chi connectivity index (χ4v) is 1.91. The van der Waals surface area contributed by atoms with Gasteiger partial charge in [-0.25, -0.2) is 4.98 Å². The Kier molecular flexibility index (Phi) is 2.68. The van der Waals surface area contributed by atoms with E-state index in [2.05, 4.69) is 15.3 Å². The second-order valence-corrected chi connectivity index (χ2v) is 3.92. The summed E-state index contributed by atoms with van der Waals surface area (Å²) in [6.07, 6.45) is 4.91. The summed E-state index contributed by atoms with van der Waals surface area (Å²) in [5, 5.41) is 2.87. The molecule has 0 spiro atoms. The van der Waals surface area contributed by atoms with Crippen LogP contribution < -0.4 is 10.1 Å². The predicted molar refractivity (Wildman–Crippen MR) is 61.1 cm³/mol. The second-order valence-electron chi connectivity index (χ2n) is 3.92. The number of aromatic nitrogens is 2. The van der Waals surface area contributed by atoms with Crippen LogP contribution in [0, 0.1) is 0 Å². The molecule has 0 aliphatic carbocycles. The molecular weight excluding hydrogens is 234 g/mol. The first kappa shape index (κ1) is 10.8. The Labute approximate surface area is 103 Å². The molecule has 3 heterocycles. The van der Waals surface area contributed by atoms with Crippen LogP contribution in [0.3, 0.4) is 0 Å². The molecule has 92 valence electrons. The van der Waals surface area contributed by atoms with E-state index in [9.17, 15) is 4.79 Å². The van der Waals surface area contributed by atoms with Gasteiger partial charge in [-0.2, -0.15) is 0 Å². The number of hydrogen-bond donors (Lipinski definition) is 1. The number of hydrogen-bond acceptors (Lipinski definition) is 5. The first-order valence-electron chi connectivity index (χ1n) is 5.61. The van der Waals surface area contributed by atoms with Gasteiger partial charge in [-0.1, -0.05) is 0 Å². The molecule has 1 atom stereocenters. The molecule has 1 aliphatic rings. The molecule has 3 rings (SSSR count). The minimum absolute atomic E-state index is 0.154. The van der Waals surface area contributed by atoms with Crippen LogP contribution in [0.5, 0.6) is 5.75 Å². The summed E-state index contributed by atoms with van der Waals surface area (Å²) >= 11 is 0. The number of fused-ring (bicyclic) bond motifs is 1. The van der Waals surface area contributed by atoms with Gasteiger partial charge in [-0.3, -0.25) is 9.78 Å². The van der Waals surface area contributed by atoms with Gasteiger partial charge in [0, 0.05) is 12.6 Å². The largest absolute Gasteiger partial charge is 0.491 e. The maximum absolute atomic E-state index is 11.9. The third-order valence-corrected chi connectivity index (χ3v) is 2.76. The van der Waals surface area contributed by atoms with Crippen molar-refractivity contribution in [1.29, 1.82) is 0 Å². The highest BCUT2D eigenvalue weighted by Gasteiger charge is 2.25. The topological polar surface area (TPSA) is 77.2 Å². The van der Waals surface area contributed by atoms with Crippen LogP contribution in [-0.4, -0.2) is 22.5 Å². The molecule has 0 fully saturated rings. The van der Waals surface area contributed by atoms with Gasteiger partial charge in [0.05, 0.1) is 12.6 Å². The molecule has 0 radical (unpaired) electrons. The van der Waals surface area contributed by atoms with E-state index in [1.807, 2.05) is 6.07 Å². The lowest BCUT2D eigenvalue weighted by atomic mass is 10.1. The summed E-state index contributed by atoms with van der Waals surface area (Å²) in [4.78, 5) is 19.9. The standard InChI is InChI=1S/C12H11N3O3/c16-12(9-6-17-7-14-9)15-8-3-5-18-10-2-1-4-13-11(8)10/h1-2,4,6-8H,3,5H2,(H,15,16). The second kappa shape index (κ2) is 4.48. The average Bonchev–Trinajstić information content (AvgIpc) is 2.93. The molecule has 6 heteroatoms. The monoisotopic (exact) mass is 245 g/mol.